The van der Waals surface area contributed by atoms with Gasteiger partial charge in [-0.1, -0.05) is 18.2 Å². The average Bonchev–Trinajstić information content (AvgIpc) is 3.17. The van der Waals surface area contributed by atoms with E-state index in [2.05, 4.69) is 25.8 Å². The summed E-state index contributed by atoms with van der Waals surface area (Å²) >= 11 is 0. The van der Waals surface area contributed by atoms with Crippen molar-refractivity contribution in [1.29, 1.82) is 0 Å². The van der Waals surface area contributed by atoms with Gasteiger partial charge in [0.2, 0.25) is 0 Å². The van der Waals surface area contributed by atoms with E-state index in [0.717, 1.165) is 11.3 Å². The molecule has 0 fully saturated rings. The van der Waals surface area contributed by atoms with Crippen LogP contribution in [0.15, 0.2) is 48.9 Å². The second-order valence-corrected chi connectivity index (χ2v) is 4.17. The number of rotatable bonds is 4. The highest BCUT2D eigenvalue weighted by atomic mass is 16.1. The quantitative estimate of drug-likeness (QED) is 0.736. The molecular weight excluding hydrogens is 256 g/mol. The molecule has 0 radical (unpaired) electrons. The van der Waals surface area contributed by atoms with Crippen molar-refractivity contribution in [3.05, 3.63) is 60.2 Å². The zero-order valence-corrected chi connectivity index (χ0v) is 10.5. The summed E-state index contributed by atoms with van der Waals surface area (Å²) in [6, 6.07) is 9.77. The first-order chi connectivity index (χ1) is 9.83. The van der Waals surface area contributed by atoms with Crippen molar-refractivity contribution in [2.24, 2.45) is 0 Å². The number of carbonyl (C=O) groups excluding carboxylic acids is 1. The lowest BCUT2D eigenvalue weighted by atomic mass is 10.3. The lowest BCUT2D eigenvalue weighted by molar-refractivity contribution is 0.0946. The molecule has 3 aromatic rings. The third-order valence-corrected chi connectivity index (χ3v) is 2.76. The van der Waals surface area contributed by atoms with E-state index in [-0.39, 0.29) is 11.6 Å². The van der Waals surface area contributed by atoms with Crippen LogP contribution in [0.1, 0.15) is 16.1 Å². The van der Waals surface area contributed by atoms with E-state index in [0.29, 0.717) is 6.54 Å². The first-order valence-electron chi connectivity index (χ1n) is 6.06. The molecule has 1 aromatic carbocycles. The van der Waals surface area contributed by atoms with Crippen molar-refractivity contribution in [2.75, 3.05) is 0 Å². The lowest BCUT2D eigenvalue weighted by Crippen LogP contribution is -2.22. The molecule has 0 spiro atoms. The fraction of sp³-hybridized carbons (Fsp3) is 0.0769. The summed E-state index contributed by atoms with van der Waals surface area (Å²) in [6.45, 7) is 0.387. The van der Waals surface area contributed by atoms with Gasteiger partial charge in [0.15, 0.2) is 5.69 Å². The number of carbonyl (C=O) groups is 1. The van der Waals surface area contributed by atoms with Gasteiger partial charge in [-0.15, -0.1) is 0 Å². The molecule has 0 atom stereocenters. The van der Waals surface area contributed by atoms with Crippen LogP contribution in [0.3, 0.4) is 0 Å². The number of nitrogens with one attached hydrogen (secondary N) is 2. The summed E-state index contributed by atoms with van der Waals surface area (Å²) in [5, 5.41) is 16.7. The Bertz CT molecular complexity index is 689. The molecular formula is C13H12N6O. The molecule has 0 aliphatic heterocycles. The zero-order chi connectivity index (χ0) is 13.8. The largest absolute Gasteiger partial charge is 0.346 e. The fourth-order valence-corrected chi connectivity index (χ4v) is 1.76. The predicted molar refractivity (Wildman–Crippen MR) is 71.1 cm³/mol. The number of benzene rings is 1. The maximum absolute atomic E-state index is 11.7. The molecule has 100 valence electrons. The van der Waals surface area contributed by atoms with Crippen LogP contribution in [0.2, 0.25) is 0 Å². The SMILES string of the molecule is O=C(NCc1cnn(-c2ccccc2)c1)c1cn[nH]n1. The smallest absolute Gasteiger partial charge is 0.273 e. The van der Waals surface area contributed by atoms with Gasteiger partial charge in [0.1, 0.15) is 0 Å². The average molecular weight is 268 g/mol. The van der Waals surface area contributed by atoms with Crippen LogP contribution < -0.4 is 5.32 Å². The fourth-order valence-electron chi connectivity index (χ4n) is 1.76. The van der Waals surface area contributed by atoms with Crippen LogP contribution >= 0.6 is 0 Å². The minimum atomic E-state index is -0.272. The third-order valence-electron chi connectivity index (χ3n) is 2.76. The Morgan fingerprint density at radius 2 is 2.10 bits per heavy atom. The maximum atomic E-state index is 11.7. The summed E-state index contributed by atoms with van der Waals surface area (Å²) in [6.07, 6.45) is 4.97. The van der Waals surface area contributed by atoms with Gasteiger partial charge in [0, 0.05) is 18.3 Å². The molecule has 0 saturated carbocycles. The van der Waals surface area contributed by atoms with E-state index in [4.69, 9.17) is 0 Å². The summed E-state index contributed by atoms with van der Waals surface area (Å²) in [7, 11) is 0. The highest BCUT2D eigenvalue weighted by Gasteiger charge is 2.08. The Morgan fingerprint density at radius 1 is 1.25 bits per heavy atom. The van der Waals surface area contributed by atoms with Gasteiger partial charge < -0.3 is 5.32 Å². The van der Waals surface area contributed by atoms with Crippen molar-refractivity contribution in [2.45, 2.75) is 6.54 Å². The Hall–Kier alpha value is -2.96. The van der Waals surface area contributed by atoms with E-state index in [9.17, 15) is 4.79 Å². The van der Waals surface area contributed by atoms with E-state index in [1.54, 1.807) is 10.9 Å². The number of amides is 1. The number of aromatic nitrogens is 5. The summed E-state index contributed by atoms with van der Waals surface area (Å²) < 4.78 is 1.76. The Balaban J connectivity index is 1.65. The first-order valence-corrected chi connectivity index (χ1v) is 6.06. The van der Waals surface area contributed by atoms with Crippen LogP contribution in [0.5, 0.6) is 0 Å². The van der Waals surface area contributed by atoms with E-state index >= 15 is 0 Å². The number of hydrogen-bond acceptors (Lipinski definition) is 4. The number of H-pyrrole nitrogens is 1. The van der Waals surface area contributed by atoms with Crippen molar-refractivity contribution in [3.8, 4) is 5.69 Å². The molecule has 0 unspecified atom stereocenters. The molecule has 7 heteroatoms. The predicted octanol–water partition coefficient (Wildman–Crippen LogP) is 0.920. The van der Waals surface area contributed by atoms with Gasteiger partial charge in [0.05, 0.1) is 18.1 Å². The molecule has 0 aliphatic rings. The molecule has 3 rings (SSSR count). The van der Waals surface area contributed by atoms with Crippen molar-refractivity contribution in [1.82, 2.24) is 30.5 Å². The van der Waals surface area contributed by atoms with Crippen LogP contribution in [-0.4, -0.2) is 31.1 Å². The van der Waals surface area contributed by atoms with Crippen molar-refractivity contribution >= 4 is 5.91 Å². The molecule has 20 heavy (non-hydrogen) atoms. The number of para-hydroxylation sites is 1. The molecule has 2 N–H and O–H groups in total. The lowest BCUT2D eigenvalue weighted by Gasteiger charge is -2.00. The number of hydrogen-bond donors (Lipinski definition) is 2. The monoisotopic (exact) mass is 268 g/mol. The minimum Gasteiger partial charge on any atom is -0.346 e. The number of nitrogens with zero attached hydrogens (tertiary/aromatic N) is 4. The van der Waals surface area contributed by atoms with Crippen molar-refractivity contribution in [3.63, 3.8) is 0 Å². The van der Waals surface area contributed by atoms with Gasteiger partial charge in [0.25, 0.3) is 5.91 Å². The van der Waals surface area contributed by atoms with Crippen LogP contribution in [0.4, 0.5) is 0 Å². The van der Waals surface area contributed by atoms with E-state index in [1.807, 2.05) is 36.5 Å². The molecule has 0 aliphatic carbocycles. The first kappa shape index (κ1) is 12.1. The highest BCUT2D eigenvalue weighted by molar-refractivity contribution is 5.91. The van der Waals surface area contributed by atoms with Gasteiger partial charge in [-0.3, -0.25) is 4.79 Å². The second-order valence-electron chi connectivity index (χ2n) is 4.17. The Morgan fingerprint density at radius 3 is 2.85 bits per heavy atom. The normalized spacial score (nSPS) is 10.4. The standard InChI is InChI=1S/C13H12N6O/c20-13(12-8-15-18-17-12)14-6-10-7-16-19(9-10)11-4-2-1-3-5-11/h1-5,7-9H,6H2,(H,14,20)(H,15,17,18). The molecule has 2 heterocycles. The molecule has 0 saturated heterocycles. The molecule has 2 aromatic heterocycles. The summed E-state index contributed by atoms with van der Waals surface area (Å²) in [4.78, 5) is 11.7. The van der Waals surface area contributed by atoms with E-state index < -0.39 is 0 Å². The Labute approximate surface area is 114 Å². The third kappa shape index (κ3) is 2.56. The highest BCUT2D eigenvalue weighted by Crippen LogP contribution is 2.07. The second kappa shape index (κ2) is 5.35. The van der Waals surface area contributed by atoms with Gasteiger partial charge in [-0.05, 0) is 12.1 Å². The van der Waals surface area contributed by atoms with Gasteiger partial charge in [-0.25, -0.2) is 4.68 Å². The topological polar surface area (TPSA) is 88.5 Å². The van der Waals surface area contributed by atoms with Crippen molar-refractivity contribution < 1.29 is 4.79 Å². The van der Waals surface area contributed by atoms with Crippen LogP contribution in [0, 0.1) is 0 Å². The minimum absolute atomic E-state index is 0.264. The van der Waals surface area contributed by atoms with Crippen LogP contribution in [-0.2, 0) is 6.54 Å². The van der Waals surface area contributed by atoms with Crippen LogP contribution in [0.25, 0.3) is 5.69 Å². The molecule has 1 amide bonds. The summed E-state index contributed by atoms with van der Waals surface area (Å²) in [5.41, 5.74) is 2.15. The van der Waals surface area contributed by atoms with E-state index in [1.165, 1.54) is 6.20 Å². The zero-order valence-electron chi connectivity index (χ0n) is 10.5. The maximum Gasteiger partial charge on any atom is 0.273 e. The van der Waals surface area contributed by atoms with Gasteiger partial charge >= 0.3 is 0 Å². The number of aromatic amines is 1. The molecule has 0 bridgehead atoms. The summed E-state index contributed by atoms with van der Waals surface area (Å²) in [5.74, 6) is -0.272. The molecule has 7 nitrogen and oxygen atoms in total. The Kier molecular flexibility index (Phi) is 3.24. The van der Waals surface area contributed by atoms with Gasteiger partial charge in [-0.2, -0.15) is 20.5 Å².